The second kappa shape index (κ2) is 7.78. The average molecular weight is 307 g/mol. The molecule has 3 saturated heterocycles. The minimum Gasteiger partial charge on any atom is -0.356 e. The van der Waals surface area contributed by atoms with Crippen LogP contribution in [-0.2, 0) is 4.79 Å². The zero-order chi connectivity index (χ0) is 15.4. The maximum Gasteiger partial charge on any atom is 0.220 e. The third-order valence-corrected chi connectivity index (χ3v) is 5.93. The van der Waals surface area contributed by atoms with E-state index in [-0.39, 0.29) is 5.91 Å². The molecular formula is C18H33N3O. The summed E-state index contributed by atoms with van der Waals surface area (Å²) < 4.78 is 0. The molecule has 2 N–H and O–H groups in total. The number of hydrogen-bond acceptors (Lipinski definition) is 3. The Bertz CT molecular complexity index is 361. The number of hydrogen-bond donors (Lipinski definition) is 2. The lowest BCUT2D eigenvalue weighted by atomic mass is 9.89. The fourth-order valence-corrected chi connectivity index (χ4v) is 4.68. The van der Waals surface area contributed by atoms with Crippen LogP contribution in [0.1, 0.15) is 64.7 Å². The van der Waals surface area contributed by atoms with Gasteiger partial charge in [0.25, 0.3) is 0 Å². The third kappa shape index (κ3) is 4.45. The predicted octanol–water partition coefficient (Wildman–Crippen LogP) is 2.29. The quantitative estimate of drug-likeness (QED) is 0.740. The second-order valence-corrected chi connectivity index (χ2v) is 7.76. The molecule has 22 heavy (non-hydrogen) atoms. The van der Waals surface area contributed by atoms with Crippen molar-refractivity contribution >= 4 is 5.91 Å². The Hall–Kier alpha value is -0.610. The molecule has 0 saturated carbocycles. The van der Waals surface area contributed by atoms with Crippen LogP contribution in [0.25, 0.3) is 0 Å². The summed E-state index contributed by atoms with van der Waals surface area (Å²) in [6, 6.07) is 2.11. The molecule has 0 radical (unpaired) electrons. The van der Waals surface area contributed by atoms with Crippen LogP contribution in [0.15, 0.2) is 0 Å². The Morgan fingerprint density at radius 1 is 1.18 bits per heavy atom. The Morgan fingerprint density at radius 2 is 1.95 bits per heavy atom. The largest absolute Gasteiger partial charge is 0.356 e. The number of amides is 1. The van der Waals surface area contributed by atoms with Crippen LogP contribution in [0.3, 0.4) is 0 Å². The van der Waals surface area contributed by atoms with Crippen LogP contribution in [0.5, 0.6) is 0 Å². The lowest BCUT2D eigenvalue weighted by Gasteiger charge is -2.33. The van der Waals surface area contributed by atoms with Crippen molar-refractivity contribution < 1.29 is 4.79 Å². The fraction of sp³-hybridized carbons (Fsp3) is 0.944. The van der Waals surface area contributed by atoms with Crippen LogP contribution in [0.2, 0.25) is 0 Å². The van der Waals surface area contributed by atoms with E-state index in [1.54, 1.807) is 0 Å². The standard InChI is InChI=1S/C18H33N3O/c1-14-5-2-3-9-21(14)10-4-8-19-18(22)13-15-11-16-6-7-17(12-15)20-16/h14-17,20H,2-13H2,1H3,(H,19,22). The van der Waals surface area contributed by atoms with Crippen molar-refractivity contribution in [2.24, 2.45) is 5.92 Å². The maximum absolute atomic E-state index is 12.1. The van der Waals surface area contributed by atoms with E-state index in [0.29, 0.717) is 18.0 Å². The van der Waals surface area contributed by atoms with Crippen molar-refractivity contribution in [2.75, 3.05) is 19.6 Å². The van der Waals surface area contributed by atoms with Crippen molar-refractivity contribution in [3.63, 3.8) is 0 Å². The highest BCUT2D eigenvalue weighted by atomic mass is 16.1. The molecule has 3 unspecified atom stereocenters. The lowest BCUT2D eigenvalue weighted by Crippen LogP contribution is -2.40. The zero-order valence-electron chi connectivity index (χ0n) is 14.2. The minimum absolute atomic E-state index is 0.276. The number of piperidine rings is 2. The first-order valence-corrected chi connectivity index (χ1v) is 9.47. The monoisotopic (exact) mass is 307 g/mol. The minimum atomic E-state index is 0.276. The fourth-order valence-electron chi connectivity index (χ4n) is 4.68. The lowest BCUT2D eigenvalue weighted by molar-refractivity contribution is -0.122. The van der Waals surface area contributed by atoms with Crippen molar-refractivity contribution in [3.8, 4) is 0 Å². The molecule has 0 aromatic heterocycles. The molecule has 4 nitrogen and oxygen atoms in total. The van der Waals surface area contributed by atoms with E-state index in [9.17, 15) is 4.79 Å². The van der Waals surface area contributed by atoms with Crippen molar-refractivity contribution in [1.29, 1.82) is 0 Å². The van der Waals surface area contributed by atoms with Gasteiger partial charge < -0.3 is 15.5 Å². The molecule has 3 aliphatic heterocycles. The van der Waals surface area contributed by atoms with Crippen LogP contribution < -0.4 is 10.6 Å². The molecule has 0 aliphatic carbocycles. The Morgan fingerprint density at radius 3 is 2.68 bits per heavy atom. The number of likely N-dealkylation sites (tertiary alicyclic amines) is 1. The summed E-state index contributed by atoms with van der Waals surface area (Å²) >= 11 is 0. The van der Waals surface area contributed by atoms with Gasteiger partial charge in [-0.1, -0.05) is 6.42 Å². The van der Waals surface area contributed by atoms with E-state index in [1.165, 1.54) is 51.5 Å². The summed E-state index contributed by atoms with van der Waals surface area (Å²) in [5.74, 6) is 0.888. The predicted molar refractivity (Wildman–Crippen MR) is 89.8 cm³/mol. The van der Waals surface area contributed by atoms with Crippen molar-refractivity contribution in [2.45, 2.75) is 82.8 Å². The van der Waals surface area contributed by atoms with E-state index >= 15 is 0 Å². The highest BCUT2D eigenvalue weighted by molar-refractivity contribution is 5.76. The summed E-state index contributed by atoms with van der Waals surface area (Å²) in [6.07, 6.45) is 10.9. The molecule has 3 atom stereocenters. The van der Waals surface area contributed by atoms with Crippen LogP contribution >= 0.6 is 0 Å². The molecule has 3 rings (SSSR count). The Labute approximate surface area is 135 Å². The van der Waals surface area contributed by atoms with Crippen LogP contribution in [0, 0.1) is 5.92 Å². The van der Waals surface area contributed by atoms with E-state index in [4.69, 9.17) is 0 Å². The Kier molecular flexibility index (Phi) is 5.75. The van der Waals surface area contributed by atoms with Gasteiger partial charge in [0.2, 0.25) is 5.91 Å². The summed E-state index contributed by atoms with van der Waals surface area (Å²) in [7, 11) is 0. The summed E-state index contributed by atoms with van der Waals surface area (Å²) in [4.78, 5) is 14.7. The number of fused-ring (bicyclic) bond motifs is 2. The topological polar surface area (TPSA) is 44.4 Å². The number of carbonyl (C=O) groups is 1. The van der Waals surface area contributed by atoms with Crippen LogP contribution in [-0.4, -0.2) is 48.6 Å². The van der Waals surface area contributed by atoms with Gasteiger partial charge >= 0.3 is 0 Å². The normalized spacial score (nSPS) is 35.5. The SMILES string of the molecule is CC1CCCCN1CCCNC(=O)CC1CC2CCC(C1)N2. The van der Waals surface area contributed by atoms with Gasteiger partial charge in [-0.15, -0.1) is 0 Å². The van der Waals surface area contributed by atoms with Gasteiger partial charge in [0.05, 0.1) is 0 Å². The van der Waals surface area contributed by atoms with Crippen molar-refractivity contribution in [1.82, 2.24) is 15.5 Å². The number of rotatable bonds is 6. The van der Waals surface area contributed by atoms with Gasteiger partial charge in [-0.25, -0.2) is 0 Å². The van der Waals surface area contributed by atoms with Gasteiger partial charge in [-0.05, 0) is 64.3 Å². The summed E-state index contributed by atoms with van der Waals surface area (Å²) in [5.41, 5.74) is 0. The van der Waals surface area contributed by atoms with Gasteiger partial charge in [0.15, 0.2) is 0 Å². The highest BCUT2D eigenvalue weighted by Crippen LogP contribution is 2.32. The van der Waals surface area contributed by atoms with Gasteiger partial charge in [-0.2, -0.15) is 0 Å². The molecule has 0 aromatic carbocycles. The Balaban J connectivity index is 1.28. The first kappa shape index (κ1) is 16.3. The molecule has 3 fully saturated rings. The smallest absolute Gasteiger partial charge is 0.220 e. The maximum atomic E-state index is 12.1. The van der Waals surface area contributed by atoms with E-state index < -0.39 is 0 Å². The van der Waals surface area contributed by atoms with E-state index in [0.717, 1.165) is 32.0 Å². The number of carbonyl (C=O) groups excluding carboxylic acids is 1. The summed E-state index contributed by atoms with van der Waals surface area (Å²) in [5, 5.41) is 6.80. The van der Waals surface area contributed by atoms with Gasteiger partial charge in [-0.3, -0.25) is 4.79 Å². The molecule has 4 heteroatoms. The molecule has 2 bridgehead atoms. The zero-order valence-corrected chi connectivity index (χ0v) is 14.2. The van der Waals surface area contributed by atoms with Crippen LogP contribution in [0.4, 0.5) is 0 Å². The first-order chi connectivity index (χ1) is 10.7. The molecule has 1 amide bonds. The third-order valence-electron chi connectivity index (χ3n) is 5.93. The van der Waals surface area contributed by atoms with E-state index in [1.807, 2.05) is 0 Å². The molecular weight excluding hydrogens is 274 g/mol. The van der Waals surface area contributed by atoms with Gasteiger partial charge in [0, 0.05) is 37.6 Å². The van der Waals surface area contributed by atoms with Crippen molar-refractivity contribution in [3.05, 3.63) is 0 Å². The molecule has 0 spiro atoms. The first-order valence-electron chi connectivity index (χ1n) is 9.47. The molecule has 0 aromatic rings. The second-order valence-electron chi connectivity index (χ2n) is 7.76. The average Bonchev–Trinajstić information content (AvgIpc) is 2.84. The summed E-state index contributed by atoms with van der Waals surface area (Å²) in [6.45, 7) is 5.56. The van der Waals surface area contributed by atoms with Gasteiger partial charge in [0.1, 0.15) is 0 Å². The number of nitrogens with one attached hydrogen (secondary N) is 2. The molecule has 3 aliphatic rings. The number of nitrogens with zero attached hydrogens (tertiary/aromatic N) is 1. The highest BCUT2D eigenvalue weighted by Gasteiger charge is 2.34. The molecule has 126 valence electrons. The molecule has 3 heterocycles. The van der Waals surface area contributed by atoms with E-state index in [2.05, 4.69) is 22.5 Å².